The SMILES string of the molecule is CCCCC/C=C\C/C=C\C/C=C\C/C=C\CCCC(=O)O[C@H](COC(=O)CCCCCCCCCCCCCCCCC)COP(=O)([O-])O[C@@H]1[C@H](O)[C@H](O)[C@@H](OP(=O)(O)O)[C@H](OP(=O)([O-])O)[C@H]1O. The molecule has 19 nitrogen and oxygen atoms in total. The lowest BCUT2D eigenvalue weighted by atomic mass is 9.85. The molecule has 1 fully saturated rings. The summed E-state index contributed by atoms with van der Waals surface area (Å²) in [6.45, 7) is 2.77. The number of phosphoric acid groups is 3. The van der Waals surface area contributed by atoms with E-state index < -0.39 is 91.3 Å². The van der Waals surface area contributed by atoms with Gasteiger partial charge in [0.15, 0.2) is 6.10 Å². The summed E-state index contributed by atoms with van der Waals surface area (Å²) >= 11 is 0. The van der Waals surface area contributed by atoms with Crippen LogP contribution in [0, 0.1) is 0 Å². The van der Waals surface area contributed by atoms with Crippen LogP contribution in [0.15, 0.2) is 48.6 Å². The van der Waals surface area contributed by atoms with E-state index in [1.807, 2.05) is 18.2 Å². The maximum atomic E-state index is 13.0. The first-order valence-corrected chi connectivity index (χ1v) is 29.4. The van der Waals surface area contributed by atoms with Crippen molar-refractivity contribution in [1.82, 2.24) is 0 Å². The van der Waals surface area contributed by atoms with Crippen molar-refractivity contribution in [3.8, 4) is 0 Å². The molecule has 0 bridgehead atoms. The summed E-state index contributed by atoms with van der Waals surface area (Å²) in [6, 6.07) is 0. The molecule has 22 heteroatoms. The normalized spacial score (nSPS) is 22.4. The summed E-state index contributed by atoms with van der Waals surface area (Å²) in [5.74, 6) is -1.41. The van der Waals surface area contributed by atoms with Crippen molar-refractivity contribution in [2.75, 3.05) is 13.2 Å². The van der Waals surface area contributed by atoms with Crippen molar-refractivity contribution in [3.05, 3.63) is 48.6 Å². The highest BCUT2D eigenvalue weighted by Gasteiger charge is 2.55. The lowest BCUT2D eigenvalue weighted by Gasteiger charge is -2.46. The first-order chi connectivity index (χ1) is 32.8. The Bertz CT molecular complexity index is 1630. The lowest BCUT2D eigenvalue weighted by Crippen LogP contribution is -2.65. The maximum absolute atomic E-state index is 13.0. The minimum Gasteiger partial charge on any atom is -0.756 e. The summed E-state index contributed by atoms with van der Waals surface area (Å²) in [7, 11) is -17.2. The Morgan fingerprint density at radius 2 is 0.928 bits per heavy atom. The van der Waals surface area contributed by atoms with Crippen molar-refractivity contribution in [1.29, 1.82) is 0 Å². The van der Waals surface area contributed by atoms with Crippen LogP contribution < -0.4 is 9.79 Å². The highest BCUT2D eigenvalue weighted by molar-refractivity contribution is 7.46. The average Bonchev–Trinajstić information content (AvgIpc) is 3.28. The second-order valence-electron chi connectivity index (χ2n) is 17.4. The van der Waals surface area contributed by atoms with E-state index >= 15 is 0 Å². The third-order valence-corrected chi connectivity index (χ3v) is 13.1. The molecule has 1 aliphatic rings. The van der Waals surface area contributed by atoms with Gasteiger partial charge in [-0.1, -0.05) is 165 Å². The largest absolute Gasteiger partial charge is 0.756 e. The fraction of sp³-hybridized carbons (Fsp3) is 0.787. The van der Waals surface area contributed by atoms with Crippen molar-refractivity contribution in [2.45, 2.75) is 224 Å². The second-order valence-corrected chi connectivity index (χ2v) is 21.1. The first kappa shape index (κ1) is 65.1. The number of hydrogen-bond acceptors (Lipinski definition) is 16. The molecule has 0 aromatic rings. The van der Waals surface area contributed by atoms with E-state index in [4.69, 9.17) is 18.5 Å². The second kappa shape index (κ2) is 38.7. The molecule has 0 radical (unpaired) electrons. The fourth-order valence-electron chi connectivity index (χ4n) is 7.39. The Morgan fingerprint density at radius 3 is 1.42 bits per heavy atom. The van der Waals surface area contributed by atoms with Crippen LogP contribution >= 0.6 is 23.5 Å². The molecule has 0 amide bonds. The number of carbonyl (C=O) groups excluding carboxylic acids is 2. The van der Waals surface area contributed by atoms with Gasteiger partial charge in [-0.15, -0.1) is 0 Å². The van der Waals surface area contributed by atoms with Gasteiger partial charge in [0.25, 0.3) is 15.6 Å². The number of unbranched alkanes of at least 4 members (excludes halogenated alkanes) is 18. The van der Waals surface area contributed by atoms with Gasteiger partial charge >= 0.3 is 19.8 Å². The number of ether oxygens (including phenoxy) is 2. The van der Waals surface area contributed by atoms with Crippen LogP contribution in [0.3, 0.4) is 0 Å². The maximum Gasteiger partial charge on any atom is 0.470 e. The Morgan fingerprint density at radius 1 is 0.507 bits per heavy atom. The van der Waals surface area contributed by atoms with E-state index in [-0.39, 0.29) is 12.8 Å². The van der Waals surface area contributed by atoms with Crippen LogP contribution in [0.4, 0.5) is 0 Å². The van der Waals surface area contributed by atoms with E-state index in [0.717, 1.165) is 44.9 Å². The minimum atomic E-state index is -5.87. The van der Waals surface area contributed by atoms with Gasteiger partial charge < -0.3 is 62.8 Å². The molecule has 6 N–H and O–H groups in total. The predicted molar refractivity (Wildman–Crippen MR) is 257 cm³/mol. The van der Waals surface area contributed by atoms with E-state index in [0.29, 0.717) is 25.7 Å². The summed E-state index contributed by atoms with van der Waals surface area (Å²) < 4.78 is 64.7. The quantitative estimate of drug-likeness (QED) is 0.0145. The van der Waals surface area contributed by atoms with Crippen molar-refractivity contribution < 1.29 is 90.6 Å². The number of aliphatic hydroxyl groups excluding tert-OH is 3. The number of aliphatic hydroxyl groups is 3. The molecule has 69 heavy (non-hydrogen) atoms. The first-order valence-electron chi connectivity index (χ1n) is 24.9. The Hall–Kier alpha value is -1.89. The molecular formula is C47H83O19P3-2. The number of rotatable bonds is 42. The average molecular weight is 1050 g/mol. The van der Waals surface area contributed by atoms with Crippen molar-refractivity contribution in [2.24, 2.45) is 0 Å². The molecule has 0 spiro atoms. The zero-order valence-corrected chi connectivity index (χ0v) is 43.5. The standard InChI is InChI=1S/C47H85O19P3/c1-3-5-7-9-11-13-15-17-19-20-22-24-26-28-30-32-34-36-41(49)63-39(37-61-40(48)35-33-31-29-27-25-23-21-18-16-14-12-10-8-6-4-2)38-62-69(59,60)66-45-42(50)43(51)46(64-67(53,54)55)47(44(45)52)65-68(56,57)58/h11,13,17,19,22,24,28,30,39,42-47,50-52H,3-10,12,14-16,18,20-21,23,25-27,29,31-38H2,1-2H3,(H,59,60)(H2,53,54,55)(H2,56,57,58)/p-2/b13-11-,19-17-,24-22-,30-28-/t39-,42-,43+,44+,45-,46-,47-/m1/s1. The predicted octanol–water partition coefficient (Wildman–Crippen LogP) is 8.14. The van der Waals surface area contributed by atoms with E-state index in [9.17, 15) is 63.1 Å². The molecule has 9 atom stereocenters. The third-order valence-electron chi connectivity index (χ3n) is 11.1. The van der Waals surface area contributed by atoms with Gasteiger partial charge in [0.05, 0.1) is 6.61 Å². The van der Waals surface area contributed by atoms with Crippen LogP contribution in [-0.4, -0.2) is 97.9 Å². The molecule has 2 unspecified atom stereocenters. The van der Waals surface area contributed by atoms with Crippen LogP contribution in [-0.2, 0) is 50.9 Å². The van der Waals surface area contributed by atoms with Crippen molar-refractivity contribution in [3.63, 3.8) is 0 Å². The number of carbonyl (C=O) groups is 2. The van der Waals surface area contributed by atoms with E-state index in [1.165, 1.54) is 83.5 Å². The van der Waals surface area contributed by atoms with Gasteiger partial charge in [0.2, 0.25) is 0 Å². The lowest BCUT2D eigenvalue weighted by molar-refractivity contribution is -0.269. The molecule has 0 aromatic heterocycles. The van der Waals surface area contributed by atoms with Gasteiger partial charge in [-0.25, -0.2) is 4.57 Å². The molecule has 0 aromatic carbocycles. The highest BCUT2D eigenvalue weighted by Crippen LogP contribution is 2.49. The van der Waals surface area contributed by atoms with E-state index in [2.05, 4.69) is 53.3 Å². The number of esters is 2. The molecule has 0 heterocycles. The zero-order valence-electron chi connectivity index (χ0n) is 40.8. The Kier molecular flexibility index (Phi) is 36.5. The monoisotopic (exact) mass is 1040 g/mol. The number of hydrogen-bond donors (Lipinski definition) is 6. The van der Waals surface area contributed by atoms with Gasteiger partial charge in [-0.2, -0.15) is 0 Å². The molecule has 402 valence electrons. The summed E-state index contributed by atoms with van der Waals surface area (Å²) in [6.07, 6.45) is 24.8. The molecule has 1 aliphatic carbocycles. The van der Waals surface area contributed by atoms with Crippen LogP contribution in [0.25, 0.3) is 0 Å². The molecule has 1 rings (SSSR count). The molecule has 1 saturated carbocycles. The van der Waals surface area contributed by atoms with Gasteiger partial charge in [-0.3, -0.25) is 23.2 Å². The number of allylic oxidation sites excluding steroid dienone is 8. The Labute approximate surface area is 410 Å². The van der Waals surface area contributed by atoms with Crippen LogP contribution in [0.2, 0.25) is 0 Å². The summed E-state index contributed by atoms with van der Waals surface area (Å²) in [5, 5.41) is 31.8. The molecule has 0 aliphatic heterocycles. The highest BCUT2D eigenvalue weighted by atomic mass is 31.2. The summed E-state index contributed by atoms with van der Waals surface area (Å²) in [4.78, 5) is 77.6. The minimum absolute atomic E-state index is 0.0535. The zero-order chi connectivity index (χ0) is 51.4. The summed E-state index contributed by atoms with van der Waals surface area (Å²) in [5.41, 5.74) is 0. The van der Waals surface area contributed by atoms with E-state index in [1.54, 1.807) is 0 Å². The molecule has 0 saturated heterocycles. The number of phosphoric ester groups is 3. The third kappa shape index (κ3) is 35.0. The van der Waals surface area contributed by atoms with Gasteiger partial charge in [0, 0.05) is 12.8 Å². The van der Waals surface area contributed by atoms with Crippen molar-refractivity contribution >= 4 is 35.4 Å². The molecular weight excluding hydrogens is 961 g/mol. The van der Waals surface area contributed by atoms with Gasteiger partial charge in [0.1, 0.15) is 43.2 Å². The fourth-order valence-corrected chi connectivity index (χ4v) is 9.46. The topological polar surface area (TPSA) is 308 Å². The van der Waals surface area contributed by atoms with Crippen LogP contribution in [0.1, 0.15) is 181 Å². The Balaban J connectivity index is 2.75. The smallest absolute Gasteiger partial charge is 0.470 e. The van der Waals surface area contributed by atoms with Gasteiger partial charge in [-0.05, 0) is 51.4 Å². The van der Waals surface area contributed by atoms with Crippen LogP contribution in [0.5, 0.6) is 0 Å².